The maximum atomic E-state index is 10.7. The number of ether oxygens (including phenoxy) is 1. The van der Waals surface area contributed by atoms with Crippen LogP contribution in [0.15, 0.2) is 60.0 Å². The first kappa shape index (κ1) is 17.0. The Morgan fingerprint density at radius 1 is 1.08 bits per heavy atom. The monoisotopic (exact) mass is 354 g/mol. The molecule has 2 aromatic carbocycles. The summed E-state index contributed by atoms with van der Waals surface area (Å²) in [6.45, 7) is 1.17. The minimum atomic E-state index is -0.872. The van der Waals surface area contributed by atoms with Crippen LogP contribution in [0, 0.1) is 0 Å². The van der Waals surface area contributed by atoms with E-state index in [4.69, 9.17) is 9.84 Å². The number of hydrogen-bond acceptors (Lipinski definition) is 5. The predicted octanol–water partition coefficient (Wildman–Crippen LogP) is 3.96. The number of hydrogen-bond donors (Lipinski definition) is 2. The summed E-state index contributed by atoms with van der Waals surface area (Å²) in [4.78, 5) is 14.9. The van der Waals surface area contributed by atoms with Gasteiger partial charge in [-0.1, -0.05) is 42.5 Å². The predicted molar refractivity (Wildman–Crippen MR) is 98.0 cm³/mol. The molecule has 0 amide bonds. The van der Waals surface area contributed by atoms with Gasteiger partial charge >= 0.3 is 5.97 Å². The summed E-state index contributed by atoms with van der Waals surface area (Å²) >= 11 is 1.41. The largest absolute Gasteiger partial charge is 0.489 e. The summed E-state index contributed by atoms with van der Waals surface area (Å²) in [6.07, 6.45) is -0.0500. The number of aliphatic carboxylic acids is 1. The lowest BCUT2D eigenvalue weighted by Crippen LogP contribution is -2.02. The van der Waals surface area contributed by atoms with Gasteiger partial charge in [0.15, 0.2) is 5.13 Å². The van der Waals surface area contributed by atoms with Crippen molar-refractivity contribution in [3.05, 3.63) is 76.8 Å². The van der Waals surface area contributed by atoms with Crippen molar-refractivity contribution in [3.63, 3.8) is 0 Å². The number of anilines is 1. The third-order valence-corrected chi connectivity index (χ3v) is 4.35. The van der Waals surface area contributed by atoms with Gasteiger partial charge in [-0.2, -0.15) is 0 Å². The summed E-state index contributed by atoms with van der Waals surface area (Å²) in [7, 11) is 0. The van der Waals surface area contributed by atoms with E-state index in [0.29, 0.717) is 18.8 Å². The van der Waals surface area contributed by atoms with Crippen molar-refractivity contribution in [1.29, 1.82) is 0 Å². The zero-order valence-corrected chi connectivity index (χ0v) is 14.3. The van der Waals surface area contributed by atoms with E-state index in [1.54, 1.807) is 5.38 Å². The van der Waals surface area contributed by atoms with Crippen molar-refractivity contribution in [2.24, 2.45) is 0 Å². The van der Waals surface area contributed by atoms with Crippen molar-refractivity contribution < 1.29 is 14.6 Å². The van der Waals surface area contributed by atoms with Gasteiger partial charge < -0.3 is 15.2 Å². The summed E-state index contributed by atoms with van der Waals surface area (Å²) in [5.41, 5.74) is 2.81. The summed E-state index contributed by atoms with van der Waals surface area (Å²) < 4.78 is 5.76. The molecule has 0 saturated heterocycles. The van der Waals surface area contributed by atoms with Gasteiger partial charge in [0.1, 0.15) is 12.4 Å². The third-order valence-electron chi connectivity index (χ3n) is 3.50. The maximum absolute atomic E-state index is 10.7. The van der Waals surface area contributed by atoms with Gasteiger partial charge in [0, 0.05) is 11.9 Å². The minimum absolute atomic E-state index is 0.0500. The van der Waals surface area contributed by atoms with Crippen LogP contribution in [-0.4, -0.2) is 16.1 Å². The van der Waals surface area contributed by atoms with Crippen LogP contribution in [0.2, 0.25) is 0 Å². The number of nitrogens with zero attached hydrogens (tertiary/aromatic N) is 1. The Labute approximate surface area is 149 Å². The molecule has 0 radical (unpaired) electrons. The third kappa shape index (κ3) is 5.32. The number of benzene rings is 2. The molecule has 0 spiro atoms. The molecular weight excluding hydrogens is 336 g/mol. The first-order valence-electron chi connectivity index (χ1n) is 7.85. The highest BCUT2D eigenvalue weighted by molar-refractivity contribution is 7.13. The van der Waals surface area contributed by atoms with Gasteiger partial charge in [-0.3, -0.25) is 4.79 Å². The second kappa shape index (κ2) is 8.30. The molecule has 3 rings (SSSR count). The van der Waals surface area contributed by atoms with E-state index < -0.39 is 5.97 Å². The van der Waals surface area contributed by atoms with Crippen LogP contribution in [0.5, 0.6) is 5.75 Å². The van der Waals surface area contributed by atoms with E-state index in [1.807, 2.05) is 54.6 Å². The lowest BCUT2D eigenvalue weighted by molar-refractivity contribution is -0.136. The molecule has 0 bridgehead atoms. The number of thiazole rings is 1. The SMILES string of the molecule is O=C(O)Cc1csc(NCc2ccc(OCc3ccccc3)cc2)n1. The van der Waals surface area contributed by atoms with E-state index >= 15 is 0 Å². The first-order valence-corrected chi connectivity index (χ1v) is 8.73. The highest BCUT2D eigenvalue weighted by atomic mass is 32.1. The Balaban J connectivity index is 1.49. The molecule has 0 aliphatic carbocycles. The Morgan fingerprint density at radius 3 is 2.56 bits per heavy atom. The smallest absolute Gasteiger partial charge is 0.309 e. The number of nitrogens with one attached hydrogen (secondary N) is 1. The fourth-order valence-corrected chi connectivity index (χ4v) is 2.96. The van der Waals surface area contributed by atoms with E-state index in [2.05, 4.69) is 10.3 Å². The van der Waals surface area contributed by atoms with Crippen LogP contribution < -0.4 is 10.1 Å². The molecule has 2 N–H and O–H groups in total. The second-order valence-electron chi connectivity index (χ2n) is 5.49. The molecule has 5 nitrogen and oxygen atoms in total. The van der Waals surface area contributed by atoms with Crippen molar-refractivity contribution in [2.45, 2.75) is 19.6 Å². The van der Waals surface area contributed by atoms with Crippen molar-refractivity contribution in [2.75, 3.05) is 5.32 Å². The zero-order valence-electron chi connectivity index (χ0n) is 13.5. The van der Waals surface area contributed by atoms with Crippen molar-refractivity contribution in [3.8, 4) is 5.75 Å². The number of carboxylic acids is 1. The molecule has 0 atom stereocenters. The number of carboxylic acid groups (broad SMARTS) is 1. The average Bonchev–Trinajstić information content (AvgIpc) is 3.06. The van der Waals surface area contributed by atoms with Gasteiger partial charge in [0.05, 0.1) is 12.1 Å². The lowest BCUT2D eigenvalue weighted by atomic mass is 10.2. The normalized spacial score (nSPS) is 10.4. The minimum Gasteiger partial charge on any atom is -0.489 e. The highest BCUT2D eigenvalue weighted by Crippen LogP contribution is 2.18. The first-order chi connectivity index (χ1) is 12.2. The molecule has 0 aliphatic rings. The molecule has 0 unspecified atom stereocenters. The van der Waals surface area contributed by atoms with Crippen LogP contribution >= 0.6 is 11.3 Å². The van der Waals surface area contributed by atoms with Gasteiger partial charge in [-0.25, -0.2) is 4.98 Å². The molecular formula is C19H18N2O3S. The Hall–Kier alpha value is -2.86. The quantitative estimate of drug-likeness (QED) is 0.641. The van der Waals surface area contributed by atoms with Gasteiger partial charge in [0.2, 0.25) is 0 Å². The Morgan fingerprint density at radius 2 is 1.84 bits per heavy atom. The Kier molecular flexibility index (Phi) is 5.64. The summed E-state index contributed by atoms with van der Waals surface area (Å²) in [6, 6.07) is 17.9. The molecule has 3 aromatic rings. The molecule has 128 valence electrons. The lowest BCUT2D eigenvalue weighted by Gasteiger charge is -2.08. The average molecular weight is 354 g/mol. The molecule has 1 aromatic heterocycles. The fourth-order valence-electron chi connectivity index (χ4n) is 2.25. The van der Waals surface area contributed by atoms with Crippen LogP contribution in [-0.2, 0) is 24.4 Å². The van der Waals surface area contributed by atoms with Crippen molar-refractivity contribution >= 4 is 22.4 Å². The van der Waals surface area contributed by atoms with E-state index in [9.17, 15) is 4.79 Å². The van der Waals surface area contributed by atoms with Crippen LogP contribution in [0.4, 0.5) is 5.13 Å². The molecule has 6 heteroatoms. The zero-order chi connectivity index (χ0) is 17.5. The Bertz CT molecular complexity index is 816. The van der Waals surface area contributed by atoms with E-state index in [0.717, 1.165) is 22.0 Å². The summed E-state index contributed by atoms with van der Waals surface area (Å²) in [5.74, 6) is -0.0477. The number of aromatic nitrogens is 1. The van der Waals surface area contributed by atoms with E-state index in [-0.39, 0.29) is 6.42 Å². The summed E-state index contributed by atoms with van der Waals surface area (Å²) in [5, 5.41) is 14.4. The molecule has 0 aliphatic heterocycles. The van der Waals surface area contributed by atoms with Gasteiger partial charge in [-0.05, 0) is 23.3 Å². The fraction of sp³-hybridized carbons (Fsp3) is 0.158. The van der Waals surface area contributed by atoms with Gasteiger partial charge in [0.25, 0.3) is 0 Å². The number of carbonyl (C=O) groups is 1. The standard InChI is InChI=1S/C19H18N2O3S/c22-18(23)10-16-13-25-19(21-16)20-11-14-6-8-17(9-7-14)24-12-15-4-2-1-3-5-15/h1-9,13H,10-12H2,(H,20,21)(H,22,23). The second-order valence-corrected chi connectivity index (χ2v) is 6.34. The molecule has 0 fully saturated rings. The van der Waals surface area contributed by atoms with Gasteiger partial charge in [-0.15, -0.1) is 11.3 Å². The molecule has 25 heavy (non-hydrogen) atoms. The van der Waals surface area contributed by atoms with Crippen LogP contribution in [0.25, 0.3) is 0 Å². The molecule has 0 saturated carbocycles. The van der Waals surface area contributed by atoms with Crippen molar-refractivity contribution in [1.82, 2.24) is 4.98 Å². The topological polar surface area (TPSA) is 71.5 Å². The van der Waals surface area contributed by atoms with Crippen LogP contribution in [0.3, 0.4) is 0 Å². The maximum Gasteiger partial charge on any atom is 0.309 e. The molecule has 1 heterocycles. The number of rotatable bonds is 8. The highest BCUT2D eigenvalue weighted by Gasteiger charge is 2.06. The van der Waals surface area contributed by atoms with Crippen LogP contribution in [0.1, 0.15) is 16.8 Å². The van der Waals surface area contributed by atoms with E-state index in [1.165, 1.54) is 11.3 Å².